The lowest BCUT2D eigenvalue weighted by atomic mass is 10.1. The minimum absolute atomic E-state index is 0.110. The monoisotopic (exact) mass is 552 g/mol. The maximum atomic E-state index is 12.0. The van der Waals surface area contributed by atoms with Crippen molar-refractivity contribution in [1.82, 2.24) is 0 Å². The van der Waals surface area contributed by atoms with Gasteiger partial charge in [0, 0.05) is 12.8 Å². The summed E-state index contributed by atoms with van der Waals surface area (Å²) in [6.07, 6.45) is 41.7. The van der Waals surface area contributed by atoms with Gasteiger partial charge < -0.3 is 14.6 Å². The summed E-state index contributed by atoms with van der Waals surface area (Å²) in [5, 5.41) is 9.46. The van der Waals surface area contributed by atoms with Gasteiger partial charge in [0.05, 0.1) is 6.61 Å². The van der Waals surface area contributed by atoms with Crippen molar-refractivity contribution in [2.24, 2.45) is 0 Å². The largest absolute Gasteiger partial charge is 0.462 e. The summed E-state index contributed by atoms with van der Waals surface area (Å²) in [7, 11) is 0. The molecule has 0 aliphatic rings. The van der Waals surface area contributed by atoms with E-state index in [0.29, 0.717) is 12.8 Å². The molecule has 1 unspecified atom stereocenters. The minimum Gasteiger partial charge on any atom is -0.462 e. The third-order valence-electron chi connectivity index (χ3n) is 5.56. The number of unbranched alkanes of at least 4 members (excludes halogenated alkanes) is 6. The molecule has 0 aliphatic carbocycles. The quantitative estimate of drug-likeness (QED) is 0.0737. The number of esters is 2. The number of allylic oxidation sites excluding steroid dienone is 16. The standard InChI is InChI=1S/C35H52O5/c1-3-5-7-9-11-13-15-17-19-21-23-25-27-29-34(37)39-32-33(31-36)40-35(38)30-28-26-24-22-20-18-16-14-12-10-8-6-4-2/h5-20,33,36H,3-4,21-32H2,1-2H3/b7-5+,8-6+,11-9+,12-10+,15-13+,16-14+,19-17+,20-18+. The number of carbonyl (C=O) groups is 2. The van der Waals surface area contributed by atoms with Crippen molar-refractivity contribution >= 4 is 11.9 Å². The van der Waals surface area contributed by atoms with Gasteiger partial charge in [-0.05, 0) is 51.4 Å². The fraction of sp³-hybridized carbons (Fsp3) is 0.486. The average molecular weight is 553 g/mol. The molecule has 5 nitrogen and oxygen atoms in total. The van der Waals surface area contributed by atoms with Crippen LogP contribution in [0.15, 0.2) is 97.2 Å². The Morgan fingerprint density at radius 1 is 0.575 bits per heavy atom. The number of hydrogen-bond donors (Lipinski definition) is 1. The van der Waals surface area contributed by atoms with Crippen molar-refractivity contribution in [3.05, 3.63) is 97.2 Å². The summed E-state index contributed by atoms with van der Waals surface area (Å²) in [6, 6.07) is 0. The zero-order chi connectivity index (χ0) is 29.4. The van der Waals surface area contributed by atoms with E-state index in [0.717, 1.165) is 64.2 Å². The summed E-state index contributed by atoms with van der Waals surface area (Å²) in [5.41, 5.74) is 0. The summed E-state index contributed by atoms with van der Waals surface area (Å²) in [5.74, 6) is -0.700. The Morgan fingerprint density at radius 3 is 1.45 bits per heavy atom. The predicted octanol–water partition coefficient (Wildman–Crippen LogP) is 8.60. The van der Waals surface area contributed by atoms with Crippen molar-refractivity contribution in [3.63, 3.8) is 0 Å². The number of aliphatic hydroxyl groups excluding tert-OH is 1. The van der Waals surface area contributed by atoms with E-state index in [2.05, 4.69) is 38.2 Å². The van der Waals surface area contributed by atoms with Crippen LogP contribution in [0.3, 0.4) is 0 Å². The Morgan fingerprint density at radius 2 is 1.00 bits per heavy atom. The number of carbonyl (C=O) groups excluding carboxylic acids is 2. The Kier molecular flexibility index (Phi) is 27.9. The molecule has 0 aromatic carbocycles. The van der Waals surface area contributed by atoms with E-state index in [9.17, 15) is 14.7 Å². The number of aliphatic hydroxyl groups is 1. The van der Waals surface area contributed by atoms with Crippen molar-refractivity contribution in [1.29, 1.82) is 0 Å². The molecule has 40 heavy (non-hydrogen) atoms. The minimum atomic E-state index is -0.812. The highest BCUT2D eigenvalue weighted by molar-refractivity contribution is 5.70. The molecule has 0 aromatic heterocycles. The molecule has 0 amide bonds. The molecule has 5 heteroatoms. The van der Waals surface area contributed by atoms with Crippen LogP contribution in [0.4, 0.5) is 0 Å². The normalized spacial score (nSPS) is 13.6. The van der Waals surface area contributed by atoms with E-state index in [1.807, 2.05) is 72.9 Å². The number of hydrogen-bond acceptors (Lipinski definition) is 5. The summed E-state index contributed by atoms with van der Waals surface area (Å²) >= 11 is 0. The maximum Gasteiger partial charge on any atom is 0.306 e. The second-order valence-corrected chi connectivity index (χ2v) is 9.24. The van der Waals surface area contributed by atoms with Crippen molar-refractivity contribution < 1.29 is 24.2 Å². The van der Waals surface area contributed by atoms with Gasteiger partial charge >= 0.3 is 11.9 Å². The van der Waals surface area contributed by atoms with Gasteiger partial charge in [-0.25, -0.2) is 0 Å². The lowest BCUT2D eigenvalue weighted by molar-refractivity contribution is -0.161. The highest BCUT2D eigenvalue weighted by atomic mass is 16.6. The lowest BCUT2D eigenvalue weighted by Crippen LogP contribution is -2.28. The lowest BCUT2D eigenvalue weighted by Gasteiger charge is -2.15. The van der Waals surface area contributed by atoms with Gasteiger partial charge in [-0.2, -0.15) is 0 Å². The van der Waals surface area contributed by atoms with Gasteiger partial charge in [0.2, 0.25) is 0 Å². The molecule has 222 valence electrons. The second kappa shape index (κ2) is 30.4. The second-order valence-electron chi connectivity index (χ2n) is 9.24. The molecule has 1 atom stereocenters. The van der Waals surface area contributed by atoms with E-state index in [1.165, 1.54) is 0 Å². The van der Waals surface area contributed by atoms with E-state index in [-0.39, 0.29) is 25.2 Å². The van der Waals surface area contributed by atoms with Crippen LogP contribution in [0.2, 0.25) is 0 Å². The highest BCUT2D eigenvalue weighted by Gasteiger charge is 2.15. The van der Waals surface area contributed by atoms with Crippen LogP contribution in [0.1, 0.15) is 90.9 Å². The molecule has 0 radical (unpaired) electrons. The Labute approximate surface area is 243 Å². The van der Waals surface area contributed by atoms with Crippen LogP contribution >= 0.6 is 0 Å². The first-order valence-electron chi connectivity index (χ1n) is 14.9. The van der Waals surface area contributed by atoms with E-state index in [4.69, 9.17) is 9.47 Å². The molecule has 0 aromatic rings. The van der Waals surface area contributed by atoms with Gasteiger partial charge in [0.25, 0.3) is 0 Å². The molecule has 0 aliphatic heterocycles. The first kappa shape index (κ1) is 36.8. The van der Waals surface area contributed by atoms with Crippen molar-refractivity contribution in [2.45, 2.75) is 97.0 Å². The molecule has 0 saturated heterocycles. The van der Waals surface area contributed by atoms with Gasteiger partial charge in [0.15, 0.2) is 6.10 Å². The van der Waals surface area contributed by atoms with Gasteiger partial charge in [-0.15, -0.1) is 0 Å². The smallest absolute Gasteiger partial charge is 0.306 e. The molecule has 0 fully saturated rings. The molecule has 0 spiro atoms. The molecule has 0 heterocycles. The van der Waals surface area contributed by atoms with Gasteiger partial charge in [-0.3, -0.25) is 9.59 Å². The van der Waals surface area contributed by atoms with Crippen LogP contribution < -0.4 is 0 Å². The number of ether oxygens (including phenoxy) is 2. The Bertz CT molecular complexity index is 855. The summed E-state index contributed by atoms with van der Waals surface area (Å²) in [4.78, 5) is 24.0. The Hall–Kier alpha value is -3.18. The molecular formula is C35H52O5. The SMILES string of the molecule is CC/C=C/C=C/C=C/C=C/CCCCCC(=O)OCC(CO)OC(=O)CCCCC/C=C/C=C/C=C/C=C/CC. The van der Waals surface area contributed by atoms with Gasteiger partial charge in [-0.1, -0.05) is 124 Å². The molecule has 0 saturated carbocycles. The van der Waals surface area contributed by atoms with Crippen LogP contribution in [0, 0.1) is 0 Å². The van der Waals surface area contributed by atoms with Crippen molar-refractivity contribution in [2.75, 3.05) is 13.2 Å². The number of rotatable bonds is 24. The fourth-order valence-electron chi connectivity index (χ4n) is 3.34. The van der Waals surface area contributed by atoms with Gasteiger partial charge in [0.1, 0.15) is 6.61 Å². The summed E-state index contributed by atoms with van der Waals surface area (Å²) < 4.78 is 10.5. The van der Waals surface area contributed by atoms with E-state index >= 15 is 0 Å². The first-order valence-corrected chi connectivity index (χ1v) is 14.9. The average Bonchev–Trinajstić information content (AvgIpc) is 2.96. The molecule has 0 bridgehead atoms. The molecule has 1 N–H and O–H groups in total. The zero-order valence-electron chi connectivity index (χ0n) is 24.8. The third kappa shape index (κ3) is 27.8. The molecular weight excluding hydrogens is 500 g/mol. The van der Waals surface area contributed by atoms with Crippen molar-refractivity contribution in [3.8, 4) is 0 Å². The van der Waals surface area contributed by atoms with Crippen LogP contribution in [0.25, 0.3) is 0 Å². The van der Waals surface area contributed by atoms with Crippen LogP contribution in [0.5, 0.6) is 0 Å². The summed E-state index contributed by atoms with van der Waals surface area (Å²) in [6.45, 7) is 3.73. The predicted molar refractivity (Wildman–Crippen MR) is 168 cm³/mol. The zero-order valence-corrected chi connectivity index (χ0v) is 24.8. The Balaban J connectivity index is 3.82. The third-order valence-corrected chi connectivity index (χ3v) is 5.56. The topological polar surface area (TPSA) is 72.8 Å². The van der Waals surface area contributed by atoms with Crippen LogP contribution in [-0.2, 0) is 19.1 Å². The fourth-order valence-corrected chi connectivity index (χ4v) is 3.34. The maximum absolute atomic E-state index is 12.0. The molecule has 0 rings (SSSR count). The highest BCUT2D eigenvalue weighted by Crippen LogP contribution is 2.08. The van der Waals surface area contributed by atoms with E-state index < -0.39 is 6.10 Å². The van der Waals surface area contributed by atoms with Crippen LogP contribution in [-0.4, -0.2) is 36.4 Å². The first-order chi connectivity index (χ1) is 19.6. The van der Waals surface area contributed by atoms with E-state index in [1.54, 1.807) is 0 Å².